The number of carboxylic acids is 1. The number of alkyl halides is 3. The van der Waals surface area contributed by atoms with E-state index in [1.165, 1.54) is 6.07 Å². The van der Waals surface area contributed by atoms with Crippen molar-refractivity contribution in [2.24, 2.45) is 0 Å². The highest BCUT2D eigenvalue weighted by molar-refractivity contribution is 6.32. The van der Waals surface area contributed by atoms with Crippen molar-refractivity contribution in [1.82, 2.24) is 5.32 Å². The second kappa shape index (κ2) is 14.6. The van der Waals surface area contributed by atoms with Crippen molar-refractivity contribution in [3.05, 3.63) is 136 Å². The van der Waals surface area contributed by atoms with Gasteiger partial charge >= 0.3 is 12.1 Å². The summed E-state index contributed by atoms with van der Waals surface area (Å²) in [6.45, 7) is 3.28. The van der Waals surface area contributed by atoms with E-state index in [9.17, 15) is 23.1 Å². The third kappa shape index (κ3) is 7.98. The Hall–Kier alpha value is -3.81. The number of hydrogen-bond acceptors (Lipinski definition) is 3. The Labute approximate surface area is 255 Å². The molecule has 2 N–H and O–H groups in total. The van der Waals surface area contributed by atoms with E-state index in [1.54, 1.807) is 30.3 Å². The van der Waals surface area contributed by atoms with Crippen LogP contribution in [0.2, 0.25) is 5.02 Å². The summed E-state index contributed by atoms with van der Waals surface area (Å²) in [5.74, 6) is -0.838. The lowest BCUT2D eigenvalue weighted by atomic mass is 9.70. The van der Waals surface area contributed by atoms with E-state index < -0.39 is 29.0 Å². The molecule has 0 heterocycles. The smallest absolute Gasteiger partial charge is 0.417 e. The summed E-state index contributed by atoms with van der Waals surface area (Å²) in [5.41, 5.74) is 1.48. The fraction of sp³-hybridized carbons (Fsp3) is 0.286. The van der Waals surface area contributed by atoms with Gasteiger partial charge in [-0.1, -0.05) is 103 Å². The van der Waals surface area contributed by atoms with Crippen molar-refractivity contribution < 1.29 is 27.8 Å². The first-order valence-electron chi connectivity index (χ1n) is 14.3. The number of rotatable bonds is 14. The maximum Gasteiger partial charge on any atom is 0.417 e. The zero-order chi connectivity index (χ0) is 30.9. The topological polar surface area (TPSA) is 58.6 Å². The summed E-state index contributed by atoms with van der Waals surface area (Å²) >= 11 is 6.40. The fourth-order valence-electron chi connectivity index (χ4n) is 5.48. The average molecular weight is 610 g/mol. The molecule has 0 saturated heterocycles. The number of nitrogens with one attached hydrogen (secondary N) is 1. The molecule has 0 aromatic heterocycles. The Balaban J connectivity index is 1.53. The summed E-state index contributed by atoms with van der Waals surface area (Å²) in [6, 6.07) is 30.7. The van der Waals surface area contributed by atoms with Gasteiger partial charge < -0.3 is 15.2 Å². The number of halogens is 4. The van der Waals surface area contributed by atoms with Crippen LogP contribution in [0.1, 0.15) is 53.5 Å². The van der Waals surface area contributed by atoms with Gasteiger partial charge in [0, 0.05) is 12.0 Å². The van der Waals surface area contributed by atoms with Crippen molar-refractivity contribution >= 4 is 17.6 Å². The van der Waals surface area contributed by atoms with Crippen LogP contribution in [0.25, 0.3) is 0 Å². The van der Waals surface area contributed by atoms with E-state index in [0.717, 1.165) is 17.2 Å². The molecule has 8 heteroatoms. The van der Waals surface area contributed by atoms with E-state index in [-0.39, 0.29) is 11.4 Å². The van der Waals surface area contributed by atoms with Gasteiger partial charge in [-0.05, 0) is 66.3 Å². The van der Waals surface area contributed by atoms with Gasteiger partial charge in [0.1, 0.15) is 5.75 Å². The van der Waals surface area contributed by atoms with E-state index in [4.69, 9.17) is 16.3 Å². The molecule has 0 amide bonds. The molecule has 4 nitrogen and oxygen atoms in total. The predicted molar refractivity (Wildman–Crippen MR) is 164 cm³/mol. The molecule has 0 radical (unpaired) electrons. The van der Waals surface area contributed by atoms with Crippen LogP contribution in [0.3, 0.4) is 0 Å². The minimum absolute atomic E-state index is 0.252. The number of carboxylic acid groups (broad SMARTS) is 1. The lowest BCUT2D eigenvalue weighted by molar-refractivity contribution is -0.139. The minimum atomic E-state index is -4.56. The van der Waals surface area contributed by atoms with Crippen molar-refractivity contribution in [2.45, 2.75) is 43.7 Å². The summed E-state index contributed by atoms with van der Waals surface area (Å²) in [4.78, 5) is 11.5. The van der Waals surface area contributed by atoms with Gasteiger partial charge in [-0.15, -0.1) is 0 Å². The number of aliphatic carboxylic acids is 1. The van der Waals surface area contributed by atoms with Gasteiger partial charge in [0.15, 0.2) is 0 Å². The molecule has 43 heavy (non-hydrogen) atoms. The monoisotopic (exact) mass is 609 g/mol. The summed E-state index contributed by atoms with van der Waals surface area (Å²) in [6.07, 6.45) is -3.16. The molecule has 0 saturated carbocycles. The summed E-state index contributed by atoms with van der Waals surface area (Å²) in [7, 11) is 0. The van der Waals surface area contributed by atoms with Crippen molar-refractivity contribution in [3.8, 4) is 5.75 Å². The van der Waals surface area contributed by atoms with Gasteiger partial charge in [0.05, 0.1) is 23.1 Å². The molecule has 4 aromatic carbocycles. The van der Waals surface area contributed by atoms with E-state index >= 15 is 0 Å². The molecule has 0 fully saturated rings. The van der Waals surface area contributed by atoms with Crippen LogP contribution >= 0.6 is 11.6 Å². The molecular formula is C35H35ClF3NO3. The van der Waals surface area contributed by atoms with Gasteiger partial charge in [-0.3, -0.25) is 4.79 Å². The number of carbonyl (C=O) groups is 1. The van der Waals surface area contributed by atoms with Crippen LogP contribution in [0.4, 0.5) is 13.2 Å². The highest BCUT2D eigenvalue weighted by Crippen LogP contribution is 2.41. The number of benzene rings is 4. The van der Waals surface area contributed by atoms with Crippen LogP contribution in [0.5, 0.6) is 5.75 Å². The van der Waals surface area contributed by atoms with Crippen LogP contribution in [0, 0.1) is 0 Å². The first kappa shape index (κ1) is 32.1. The van der Waals surface area contributed by atoms with E-state index in [1.807, 2.05) is 67.6 Å². The molecule has 1 atom stereocenters. The first-order valence-corrected chi connectivity index (χ1v) is 14.7. The van der Waals surface area contributed by atoms with Gasteiger partial charge in [0.25, 0.3) is 0 Å². The standard InChI is InChI=1S/C35H35ClF3NO3/c1-2-30(33(41)42)25-12-9-18-29(22-25)43-21-11-20-40-24-34(27-14-5-3-6-15-27,28-16-7-4-8-17-28)23-26-13-10-19-31(32(26)36)35(37,38)39/h3-10,12-19,22,30,40H,2,11,20-21,23-24H2,1H3,(H,41,42). The quantitative estimate of drug-likeness (QED) is 0.141. The number of ether oxygens (including phenoxy) is 1. The molecule has 226 valence electrons. The normalized spacial score (nSPS) is 12.6. The van der Waals surface area contributed by atoms with E-state index in [0.29, 0.717) is 49.4 Å². The third-order valence-electron chi connectivity index (χ3n) is 7.69. The Bertz CT molecular complexity index is 1440. The lowest BCUT2D eigenvalue weighted by Crippen LogP contribution is -2.42. The second-order valence-electron chi connectivity index (χ2n) is 10.5. The van der Waals surface area contributed by atoms with Crippen LogP contribution in [-0.4, -0.2) is 30.8 Å². The first-order chi connectivity index (χ1) is 20.7. The van der Waals surface area contributed by atoms with Crippen molar-refractivity contribution in [3.63, 3.8) is 0 Å². The molecule has 0 bridgehead atoms. The molecule has 0 aliphatic heterocycles. The highest BCUT2D eigenvalue weighted by Gasteiger charge is 2.38. The molecule has 4 aromatic rings. The largest absolute Gasteiger partial charge is 0.494 e. The van der Waals surface area contributed by atoms with Crippen molar-refractivity contribution in [2.75, 3.05) is 19.7 Å². The van der Waals surface area contributed by atoms with Crippen LogP contribution in [-0.2, 0) is 22.8 Å². The molecule has 1 unspecified atom stereocenters. The predicted octanol–water partition coefficient (Wildman–Crippen LogP) is 8.52. The summed E-state index contributed by atoms with van der Waals surface area (Å²) in [5, 5.41) is 12.7. The van der Waals surface area contributed by atoms with Gasteiger partial charge in [0.2, 0.25) is 0 Å². The zero-order valence-corrected chi connectivity index (χ0v) is 24.7. The highest BCUT2D eigenvalue weighted by atomic mass is 35.5. The Kier molecular flexibility index (Phi) is 10.9. The Morgan fingerprint density at radius 2 is 1.53 bits per heavy atom. The SMILES string of the molecule is CCC(C(=O)O)c1cccc(OCCCNCC(Cc2cccc(C(F)(F)F)c2Cl)(c2ccccc2)c2ccccc2)c1. The molecular weight excluding hydrogens is 575 g/mol. The average Bonchev–Trinajstić information content (AvgIpc) is 3.00. The van der Waals surface area contributed by atoms with Gasteiger partial charge in [-0.25, -0.2) is 0 Å². The van der Waals surface area contributed by atoms with Crippen LogP contribution in [0.15, 0.2) is 103 Å². The van der Waals surface area contributed by atoms with Gasteiger partial charge in [-0.2, -0.15) is 13.2 Å². The second-order valence-corrected chi connectivity index (χ2v) is 10.9. The molecule has 0 aliphatic carbocycles. The maximum absolute atomic E-state index is 13.7. The van der Waals surface area contributed by atoms with Crippen LogP contribution < -0.4 is 10.1 Å². The zero-order valence-electron chi connectivity index (χ0n) is 23.9. The molecule has 0 spiro atoms. The Morgan fingerprint density at radius 1 is 0.907 bits per heavy atom. The minimum Gasteiger partial charge on any atom is -0.494 e. The van der Waals surface area contributed by atoms with E-state index in [2.05, 4.69) is 5.32 Å². The molecule has 0 aliphatic rings. The Morgan fingerprint density at radius 3 is 2.12 bits per heavy atom. The van der Waals surface area contributed by atoms with Crippen molar-refractivity contribution in [1.29, 1.82) is 0 Å². The third-order valence-corrected chi connectivity index (χ3v) is 8.14. The lowest BCUT2D eigenvalue weighted by Gasteiger charge is -2.36. The number of hydrogen-bond donors (Lipinski definition) is 2. The summed E-state index contributed by atoms with van der Waals surface area (Å²) < 4.78 is 47.1. The molecule has 4 rings (SSSR count). The fourth-order valence-corrected chi connectivity index (χ4v) is 5.78. The maximum atomic E-state index is 13.7.